The van der Waals surface area contributed by atoms with Gasteiger partial charge in [0.25, 0.3) is 0 Å². The van der Waals surface area contributed by atoms with Crippen molar-refractivity contribution in [2.75, 3.05) is 6.54 Å². The number of hydrogen-bond acceptors (Lipinski definition) is 3. The summed E-state index contributed by atoms with van der Waals surface area (Å²) < 4.78 is 0. The van der Waals surface area contributed by atoms with E-state index < -0.39 is 0 Å². The monoisotopic (exact) mass is 247 g/mol. The average molecular weight is 247 g/mol. The Bertz CT molecular complexity index is 420. The van der Waals surface area contributed by atoms with Gasteiger partial charge in [-0.3, -0.25) is 14.6 Å². The number of amides is 2. The van der Waals surface area contributed by atoms with Crippen molar-refractivity contribution in [1.29, 1.82) is 0 Å². The zero-order chi connectivity index (χ0) is 12.8. The molecule has 2 heterocycles. The van der Waals surface area contributed by atoms with Gasteiger partial charge >= 0.3 is 0 Å². The van der Waals surface area contributed by atoms with Gasteiger partial charge in [0.1, 0.15) is 0 Å². The molecule has 1 atom stereocenters. The van der Waals surface area contributed by atoms with E-state index in [-0.39, 0.29) is 17.9 Å². The lowest BCUT2D eigenvalue weighted by Crippen LogP contribution is -2.45. The lowest BCUT2D eigenvalue weighted by molar-refractivity contribution is -0.124. The van der Waals surface area contributed by atoms with Crippen molar-refractivity contribution >= 4 is 11.8 Å². The van der Waals surface area contributed by atoms with Crippen LogP contribution >= 0.6 is 0 Å². The Morgan fingerprint density at radius 1 is 1.50 bits per heavy atom. The van der Waals surface area contributed by atoms with Crippen LogP contribution in [0.1, 0.15) is 25.0 Å². The molecule has 1 aliphatic heterocycles. The van der Waals surface area contributed by atoms with Crippen LogP contribution in [-0.2, 0) is 16.0 Å². The zero-order valence-electron chi connectivity index (χ0n) is 10.2. The van der Waals surface area contributed by atoms with Crippen molar-refractivity contribution in [3.8, 4) is 0 Å². The highest BCUT2D eigenvalue weighted by Gasteiger charge is 2.20. The van der Waals surface area contributed by atoms with E-state index in [1.165, 1.54) is 0 Å². The van der Waals surface area contributed by atoms with Gasteiger partial charge in [-0.2, -0.15) is 0 Å². The fourth-order valence-electron chi connectivity index (χ4n) is 1.99. The topological polar surface area (TPSA) is 71.1 Å². The number of aromatic nitrogens is 1. The summed E-state index contributed by atoms with van der Waals surface area (Å²) in [5.41, 5.74) is 0.911. The minimum atomic E-state index is -0.0185. The van der Waals surface area contributed by atoms with Crippen molar-refractivity contribution in [1.82, 2.24) is 15.6 Å². The van der Waals surface area contributed by atoms with Gasteiger partial charge in [-0.05, 0) is 25.0 Å². The average Bonchev–Trinajstić information content (AvgIpc) is 2.38. The summed E-state index contributed by atoms with van der Waals surface area (Å²) in [5.74, 6) is -0.00312. The molecule has 1 saturated heterocycles. The van der Waals surface area contributed by atoms with Gasteiger partial charge in [0.05, 0.1) is 0 Å². The fraction of sp³-hybridized carbons (Fsp3) is 0.462. The molecule has 1 aliphatic rings. The van der Waals surface area contributed by atoms with E-state index in [0.29, 0.717) is 25.8 Å². The lowest BCUT2D eigenvalue weighted by atomic mass is 10.1. The van der Waals surface area contributed by atoms with E-state index >= 15 is 0 Å². The third-order valence-corrected chi connectivity index (χ3v) is 2.95. The Kier molecular flexibility index (Phi) is 4.28. The van der Waals surface area contributed by atoms with E-state index in [9.17, 15) is 9.59 Å². The van der Waals surface area contributed by atoms with E-state index in [1.807, 2.05) is 18.2 Å². The van der Waals surface area contributed by atoms with Crippen LogP contribution < -0.4 is 10.6 Å². The normalized spacial score (nSPS) is 19.1. The quantitative estimate of drug-likeness (QED) is 0.809. The third-order valence-electron chi connectivity index (χ3n) is 2.95. The van der Waals surface area contributed by atoms with E-state index in [2.05, 4.69) is 15.6 Å². The van der Waals surface area contributed by atoms with Gasteiger partial charge < -0.3 is 10.6 Å². The van der Waals surface area contributed by atoms with Gasteiger partial charge in [-0.1, -0.05) is 6.07 Å². The Morgan fingerprint density at radius 3 is 3.11 bits per heavy atom. The minimum absolute atomic E-state index is 0.0104. The van der Waals surface area contributed by atoms with Crippen LogP contribution in [0.3, 0.4) is 0 Å². The van der Waals surface area contributed by atoms with E-state index in [1.54, 1.807) is 6.20 Å². The number of rotatable bonds is 4. The maximum absolute atomic E-state index is 11.7. The Morgan fingerprint density at radius 2 is 2.39 bits per heavy atom. The standard InChI is InChI=1S/C13H17N3O2/c17-12(5-4-10-3-1-2-7-14-10)16-11-6-8-15-13(18)9-11/h1-3,7,11H,4-6,8-9H2,(H,15,18)(H,16,17). The highest BCUT2D eigenvalue weighted by molar-refractivity contribution is 5.80. The molecule has 1 unspecified atom stereocenters. The number of nitrogens with one attached hydrogen (secondary N) is 2. The summed E-state index contributed by atoms with van der Waals surface area (Å²) in [4.78, 5) is 27.0. The molecular weight excluding hydrogens is 230 g/mol. The van der Waals surface area contributed by atoms with Crippen molar-refractivity contribution in [2.24, 2.45) is 0 Å². The lowest BCUT2D eigenvalue weighted by Gasteiger charge is -2.23. The summed E-state index contributed by atoms with van der Waals surface area (Å²) in [6.45, 7) is 0.643. The molecular formula is C13H17N3O2. The number of pyridine rings is 1. The maximum atomic E-state index is 11.7. The van der Waals surface area contributed by atoms with Gasteiger partial charge in [-0.25, -0.2) is 0 Å². The number of aryl methyl sites for hydroxylation is 1. The number of piperidine rings is 1. The molecule has 2 N–H and O–H groups in total. The summed E-state index contributed by atoms with van der Waals surface area (Å²) in [6, 6.07) is 5.65. The first-order chi connectivity index (χ1) is 8.74. The predicted octanol–water partition coefficient (Wildman–Crippen LogP) is 0.409. The van der Waals surface area contributed by atoms with Crippen molar-refractivity contribution in [3.63, 3.8) is 0 Å². The van der Waals surface area contributed by atoms with Gasteiger partial charge in [-0.15, -0.1) is 0 Å². The molecule has 0 aliphatic carbocycles. The van der Waals surface area contributed by atoms with Crippen molar-refractivity contribution in [3.05, 3.63) is 30.1 Å². The molecule has 0 bridgehead atoms. The molecule has 0 aromatic carbocycles. The maximum Gasteiger partial charge on any atom is 0.222 e. The number of hydrogen-bond donors (Lipinski definition) is 2. The van der Waals surface area contributed by atoms with E-state index in [4.69, 9.17) is 0 Å². The molecule has 5 nitrogen and oxygen atoms in total. The smallest absolute Gasteiger partial charge is 0.222 e. The summed E-state index contributed by atoms with van der Waals surface area (Å²) >= 11 is 0. The van der Waals surface area contributed by atoms with Crippen LogP contribution in [0.25, 0.3) is 0 Å². The molecule has 1 fully saturated rings. The third kappa shape index (κ3) is 3.84. The van der Waals surface area contributed by atoms with Crippen molar-refractivity contribution in [2.45, 2.75) is 31.7 Å². The Hall–Kier alpha value is -1.91. The zero-order valence-corrected chi connectivity index (χ0v) is 10.2. The van der Waals surface area contributed by atoms with Gasteiger partial charge in [0.2, 0.25) is 11.8 Å². The molecule has 18 heavy (non-hydrogen) atoms. The second kappa shape index (κ2) is 6.14. The summed E-state index contributed by atoms with van der Waals surface area (Å²) in [7, 11) is 0. The van der Waals surface area contributed by atoms with Crippen LogP contribution in [0.5, 0.6) is 0 Å². The molecule has 96 valence electrons. The van der Waals surface area contributed by atoms with Crippen LogP contribution in [-0.4, -0.2) is 29.4 Å². The Balaban J connectivity index is 1.73. The molecule has 5 heteroatoms. The highest BCUT2D eigenvalue weighted by atomic mass is 16.2. The number of nitrogens with zero attached hydrogens (tertiary/aromatic N) is 1. The second-order valence-corrected chi connectivity index (χ2v) is 4.43. The first-order valence-corrected chi connectivity index (χ1v) is 6.20. The van der Waals surface area contributed by atoms with E-state index in [0.717, 1.165) is 12.1 Å². The fourth-order valence-corrected chi connectivity index (χ4v) is 1.99. The number of carbonyl (C=O) groups is 2. The van der Waals surface area contributed by atoms with Crippen LogP contribution in [0.4, 0.5) is 0 Å². The molecule has 1 aromatic heterocycles. The molecule has 2 rings (SSSR count). The molecule has 1 aromatic rings. The summed E-state index contributed by atoms with van der Waals surface area (Å²) in [5, 5.41) is 5.63. The second-order valence-electron chi connectivity index (χ2n) is 4.43. The first kappa shape index (κ1) is 12.5. The SMILES string of the molecule is O=C1CC(NC(=O)CCc2ccccn2)CCN1. The first-order valence-electron chi connectivity index (χ1n) is 6.20. The predicted molar refractivity (Wildman–Crippen MR) is 66.7 cm³/mol. The molecule has 0 saturated carbocycles. The molecule has 0 spiro atoms. The summed E-state index contributed by atoms with van der Waals surface area (Å²) in [6.07, 6.45) is 3.95. The van der Waals surface area contributed by atoms with Gasteiger partial charge in [0.15, 0.2) is 0 Å². The minimum Gasteiger partial charge on any atom is -0.356 e. The molecule has 2 amide bonds. The highest BCUT2D eigenvalue weighted by Crippen LogP contribution is 2.04. The molecule has 0 radical (unpaired) electrons. The Labute approximate surface area is 106 Å². The van der Waals surface area contributed by atoms with Gasteiger partial charge in [0, 0.05) is 37.3 Å². The van der Waals surface area contributed by atoms with Crippen LogP contribution in [0, 0.1) is 0 Å². The van der Waals surface area contributed by atoms with Crippen LogP contribution in [0.2, 0.25) is 0 Å². The van der Waals surface area contributed by atoms with Crippen LogP contribution in [0.15, 0.2) is 24.4 Å². The largest absolute Gasteiger partial charge is 0.356 e. The van der Waals surface area contributed by atoms with Crippen molar-refractivity contribution < 1.29 is 9.59 Å². The number of carbonyl (C=O) groups excluding carboxylic acids is 2.